The lowest BCUT2D eigenvalue weighted by atomic mass is 10.2. The van der Waals surface area contributed by atoms with Gasteiger partial charge in [-0.2, -0.15) is 0 Å². The number of nitrogens with two attached hydrogens (primary N) is 1. The Bertz CT molecular complexity index is 384. The first-order valence-corrected chi connectivity index (χ1v) is 5.14. The van der Waals surface area contributed by atoms with Gasteiger partial charge in [-0.3, -0.25) is 0 Å². The molecule has 1 heterocycles. The number of alkyl halides is 3. The maximum absolute atomic E-state index is 12.1. The maximum atomic E-state index is 12.1. The third kappa shape index (κ3) is 3.37. The first kappa shape index (κ1) is 13.3. The number of ether oxygens (including phenoxy) is 2. The van der Waals surface area contributed by atoms with Crippen LogP contribution in [-0.4, -0.2) is 18.5 Å². The van der Waals surface area contributed by atoms with E-state index in [0.29, 0.717) is 9.26 Å². The lowest BCUT2D eigenvalue weighted by Gasteiger charge is -2.14. The zero-order valence-electron chi connectivity index (χ0n) is 8.14. The van der Waals surface area contributed by atoms with Crippen molar-refractivity contribution in [3.8, 4) is 11.6 Å². The molecule has 0 aliphatic carbocycles. The third-order valence-corrected chi connectivity index (χ3v) is 2.18. The first-order chi connectivity index (χ1) is 7.37. The molecule has 0 bridgehead atoms. The van der Waals surface area contributed by atoms with Crippen LogP contribution in [0.4, 0.5) is 13.2 Å². The SMILES string of the molecule is COc1c(CN)cc(I)nc1OC(F)(F)F. The molecule has 4 nitrogen and oxygen atoms in total. The van der Waals surface area contributed by atoms with Crippen LogP contribution in [0.3, 0.4) is 0 Å². The molecule has 1 rings (SSSR count). The van der Waals surface area contributed by atoms with E-state index in [-0.39, 0.29) is 12.3 Å². The molecule has 2 N–H and O–H groups in total. The minimum atomic E-state index is -4.81. The number of hydrogen-bond acceptors (Lipinski definition) is 4. The second kappa shape index (κ2) is 5.04. The number of nitrogens with zero attached hydrogens (tertiary/aromatic N) is 1. The van der Waals surface area contributed by atoms with E-state index in [9.17, 15) is 13.2 Å². The molecule has 90 valence electrons. The van der Waals surface area contributed by atoms with Gasteiger partial charge in [0, 0.05) is 12.1 Å². The van der Waals surface area contributed by atoms with Crippen LogP contribution in [0.25, 0.3) is 0 Å². The van der Waals surface area contributed by atoms with Gasteiger partial charge in [-0.15, -0.1) is 13.2 Å². The molecule has 8 heteroatoms. The summed E-state index contributed by atoms with van der Waals surface area (Å²) in [7, 11) is 1.23. The van der Waals surface area contributed by atoms with Gasteiger partial charge in [0.1, 0.15) is 3.70 Å². The zero-order valence-corrected chi connectivity index (χ0v) is 10.3. The van der Waals surface area contributed by atoms with E-state index in [1.165, 1.54) is 13.2 Å². The molecule has 1 aromatic rings. The fourth-order valence-corrected chi connectivity index (χ4v) is 1.67. The Morgan fingerprint density at radius 1 is 1.50 bits per heavy atom. The van der Waals surface area contributed by atoms with Crippen LogP contribution in [-0.2, 0) is 6.54 Å². The van der Waals surface area contributed by atoms with Crippen LogP contribution in [0, 0.1) is 3.70 Å². The lowest BCUT2D eigenvalue weighted by molar-refractivity contribution is -0.276. The number of rotatable bonds is 3. The Balaban J connectivity index is 3.20. The molecule has 0 aromatic carbocycles. The van der Waals surface area contributed by atoms with Crippen molar-refractivity contribution in [2.75, 3.05) is 7.11 Å². The topological polar surface area (TPSA) is 57.4 Å². The van der Waals surface area contributed by atoms with Crippen molar-refractivity contribution in [2.24, 2.45) is 5.73 Å². The molecule has 0 amide bonds. The quantitative estimate of drug-likeness (QED) is 0.671. The van der Waals surface area contributed by atoms with Gasteiger partial charge in [0.15, 0.2) is 5.75 Å². The number of halogens is 4. The third-order valence-electron chi connectivity index (χ3n) is 1.62. The predicted octanol–water partition coefficient (Wildman–Crippen LogP) is 2.05. The van der Waals surface area contributed by atoms with Crippen LogP contribution in [0.15, 0.2) is 6.07 Å². The Morgan fingerprint density at radius 3 is 2.56 bits per heavy atom. The summed E-state index contributed by atoms with van der Waals surface area (Å²) in [5.41, 5.74) is 5.78. The van der Waals surface area contributed by atoms with Crippen molar-refractivity contribution in [3.63, 3.8) is 0 Å². The number of hydrogen-bond donors (Lipinski definition) is 1. The van der Waals surface area contributed by atoms with Gasteiger partial charge >= 0.3 is 6.36 Å². The van der Waals surface area contributed by atoms with Gasteiger partial charge < -0.3 is 15.2 Å². The molecule has 0 atom stereocenters. The van der Waals surface area contributed by atoms with Crippen LogP contribution in [0.5, 0.6) is 11.6 Å². The van der Waals surface area contributed by atoms with E-state index in [1.54, 1.807) is 22.6 Å². The predicted molar refractivity (Wildman–Crippen MR) is 58.1 cm³/mol. The molecule has 0 aliphatic heterocycles. The van der Waals surface area contributed by atoms with Crippen molar-refractivity contribution in [3.05, 3.63) is 15.3 Å². The van der Waals surface area contributed by atoms with Crippen molar-refractivity contribution in [2.45, 2.75) is 12.9 Å². The molecular formula is C8H8F3IN2O2. The van der Waals surface area contributed by atoms with Gasteiger partial charge in [-0.25, -0.2) is 4.98 Å². The summed E-state index contributed by atoms with van der Waals surface area (Å²) in [4.78, 5) is 3.60. The fraction of sp³-hybridized carbons (Fsp3) is 0.375. The smallest absolute Gasteiger partial charge is 0.491 e. The normalized spacial score (nSPS) is 11.4. The summed E-state index contributed by atoms with van der Waals surface area (Å²) in [5.74, 6) is -0.720. The molecule has 0 spiro atoms. The highest BCUT2D eigenvalue weighted by molar-refractivity contribution is 14.1. The molecule has 0 saturated heterocycles. The van der Waals surface area contributed by atoms with Crippen molar-refractivity contribution in [1.82, 2.24) is 4.98 Å². The van der Waals surface area contributed by atoms with E-state index in [1.807, 2.05) is 0 Å². The van der Waals surface area contributed by atoms with Crippen LogP contribution in [0.1, 0.15) is 5.56 Å². The van der Waals surface area contributed by atoms with Gasteiger partial charge in [0.05, 0.1) is 7.11 Å². The molecule has 1 aromatic heterocycles. The molecular weight excluding hydrogens is 340 g/mol. The van der Waals surface area contributed by atoms with Crippen molar-refractivity contribution < 1.29 is 22.6 Å². The molecule has 0 unspecified atom stereocenters. The molecule has 16 heavy (non-hydrogen) atoms. The van der Waals surface area contributed by atoms with E-state index < -0.39 is 12.2 Å². The van der Waals surface area contributed by atoms with Crippen LogP contribution in [0.2, 0.25) is 0 Å². The second-order valence-corrected chi connectivity index (χ2v) is 3.80. The lowest BCUT2D eigenvalue weighted by Crippen LogP contribution is -2.19. The van der Waals surface area contributed by atoms with Gasteiger partial charge in [-0.05, 0) is 28.7 Å². The average molecular weight is 348 g/mol. The fourth-order valence-electron chi connectivity index (χ4n) is 1.08. The Labute approximate surface area is 103 Å². The van der Waals surface area contributed by atoms with Crippen LogP contribution < -0.4 is 15.2 Å². The second-order valence-electron chi connectivity index (χ2n) is 2.69. The number of methoxy groups -OCH3 is 1. The minimum absolute atomic E-state index is 0.0376. The summed E-state index contributed by atoms with van der Waals surface area (Å²) in [6.07, 6.45) is -4.81. The summed E-state index contributed by atoms with van der Waals surface area (Å²) < 4.78 is 45.1. The maximum Gasteiger partial charge on any atom is 0.574 e. The molecule has 0 fully saturated rings. The highest BCUT2D eigenvalue weighted by Crippen LogP contribution is 2.33. The monoisotopic (exact) mass is 348 g/mol. The summed E-state index contributed by atoms with van der Waals surface area (Å²) in [5, 5.41) is 0. The molecule has 0 aliphatic rings. The highest BCUT2D eigenvalue weighted by Gasteiger charge is 2.34. The summed E-state index contributed by atoms with van der Waals surface area (Å²) in [6.45, 7) is 0.0376. The van der Waals surface area contributed by atoms with E-state index in [2.05, 4.69) is 9.72 Å². The first-order valence-electron chi connectivity index (χ1n) is 4.06. The Kier molecular flexibility index (Phi) is 4.19. The van der Waals surface area contributed by atoms with Crippen molar-refractivity contribution in [1.29, 1.82) is 0 Å². The largest absolute Gasteiger partial charge is 0.574 e. The zero-order chi connectivity index (χ0) is 12.3. The summed E-state index contributed by atoms with van der Waals surface area (Å²) in [6, 6.07) is 1.53. The molecule has 0 radical (unpaired) electrons. The summed E-state index contributed by atoms with van der Waals surface area (Å²) >= 11 is 1.77. The van der Waals surface area contributed by atoms with E-state index in [4.69, 9.17) is 10.5 Å². The Morgan fingerprint density at radius 2 is 2.12 bits per heavy atom. The van der Waals surface area contributed by atoms with E-state index >= 15 is 0 Å². The minimum Gasteiger partial charge on any atom is -0.491 e. The van der Waals surface area contributed by atoms with Gasteiger partial charge in [0.25, 0.3) is 5.88 Å². The Hall–Kier alpha value is -0.770. The van der Waals surface area contributed by atoms with Gasteiger partial charge in [0.2, 0.25) is 0 Å². The van der Waals surface area contributed by atoms with Gasteiger partial charge in [-0.1, -0.05) is 0 Å². The highest BCUT2D eigenvalue weighted by atomic mass is 127. The standard InChI is InChI=1S/C8H8F3IN2O2/c1-15-6-4(3-13)2-5(12)14-7(6)16-8(9,10)11/h2H,3,13H2,1H3. The van der Waals surface area contributed by atoms with Crippen LogP contribution >= 0.6 is 22.6 Å². The number of aromatic nitrogens is 1. The van der Waals surface area contributed by atoms with Crippen molar-refractivity contribution >= 4 is 22.6 Å². The van der Waals surface area contributed by atoms with E-state index in [0.717, 1.165) is 0 Å². The average Bonchev–Trinajstić information content (AvgIpc) is 2.14. The number of pyridine rings is 1. The molecule has 0 saturated carbocycles.